The summed E-state index contributed by atoms with van der Waals surface area (Å²) in [5.74, 6) is 0.0801. The van der Waals surface area contributed by atoms with Gasteiger partial charge in [0, 0.05) is 31.6 Å². The van der Waals surface area contributed by atoms with Crippen molar-refractivity contribution in [2.24, 2.45) is 0 Å². The van der Waals surface area contributed by atoms with Gasteiger partial charge >= 0.3 is 0 Å². The number of benzene rings is 2. The molecule has 0 aliphatic heterocycles. The second-order valence-electron chi connectivity index (χ2n) is 7.99. The summed E-state index contributed by atoms with van der Waals surface area (Å²) in [6.07, 6.45) is 1.10. The minimum absolute atomic E-state index is 0.0201. The van der Waals surface area contributed by atoms with Crippen LogP contribution in [0, 0.1) is 0 Å². The van der Waals surface area contributed by atoms with E-state index in [1.54, 1.807) is 19.1 Å². The van der Waals surface area contributed by atoms with Crippen LogP contribution < -0.4 is 10.6 Å². The first kappa shape index (κ1) is 28.1. The Hall–Kier alpha value is -3.46. The predicted molar refractivity (Wildman–Crippen MR) is 144 cm³/mol. The van der Waals surface area contributed by atoms with Gasteiger partial charge in [-0.25, -0.2) is 4.98 Å². The Morgan fingerprint density at radius 2 is 1.86 bits per heavy atom. The number of aliphatic hydroxyl groups is 1. The Kier molecular flexibility index (Phi) is 9.63. The van der Waals surface area contributed by atoms with Gasteiger partial charge in [-0.15, -0.1) is 0 Å². The number of likely N-dealkylation sites (N-methyl/N-ethyl adjacent to an activating group) is 1. The first-order valence-electron chi connectivity index (χ1n) is 11.7. The van der Waals surface area contributed by atoms with E-state index in [-0.39, 0.29) is 17.9 Å². The van der Waals surface area contributed by atoms with E-state index < -0.39 is 17.3 Å². The summed E-state index contributed by atoms with van der Waals surface area (Å²) in [6, 6.07) is 14.8. The Morgan fingerprint density at radius 1 is 1.14 bits per heavy atom. The summed E-state index contributed by atoms with van der Waals surface area (Å²) in [7, 11) is 1.41. The second kappa shape index (κ2) is 12.7. The Morgan fingerprint density at radius 3 is 2.51 bits per heavy atom. The lowest BCUT2D eigenvalue weighted by Crippen LogP contribution is -2.19. The third-order valence-corrected chi connectivity index (χ3v) is 5.58. The number of halogens is 2. The molecule has 196 valence electrons. The number of amides is 1. The zero-order chi connectivity index (χ0) is 27.0. The van der Waals surface area contributed by atoms with E-state index in [0.717, 1.165) is 36.4 Å². The largest absolute Gasteiger partial charge is 0.507 e. The maximum Gasteiger partial charge on any atom is 0.300 e. The fraction of sp³-hybridized carbons (Fsp3) is 0.269. The number of anilines is 1. The highest BCUT2D eigenvalue weighted by Gasteiger charge is 2.26. The molecule has 2 aromatic heterocycles. The lowest BCUT2D eigenvalue weighted by atomic mass is 10.1. The van der Waals surface area contributed by atoms with Crippen molar-refractivity contribution in [2.75, 3.05) is 25.0 Å². The van der Waals surface area contributed by atoms with Crippen LogP contribution in [0.4, 0.5) is 14.5 Å². The van der Waals surface area contributed by atoms with Crippen molar-refractivity contribution in [3.05, 3.63) is 72.1 Å². The minimum Gasteiger partial charge on any atom is -0.507 e. The molecular weight excluding hydrogens is 499 g/mol. The molecule has 0 saturated carbocycles. The average Bonchev–Trinajstić information content (AvgIpc) is 3.24. The number of fused-ring (bicyclic) bond motifs is 1. The number of nitrogens with one attached hydrogen (secondary N) is 2. The van der Waals surface area contributed by atoms with Crippen molar-refractivity contribution < 1.29 is 23.8 Å². The van der Waals surface area contributed by atoms with Crippen molar-refractivity contribution in [1.82, 2.24) is 19.9 Å². The van der Waals surface area contributed by atoms with Gasteiger partial charge < -0.3 is 25.4 Å². The molecule has 0 fully saturated rings. The number of phenolic OH excluding ortho intramolecular Hbond substituents is 1. The first-order chi connectivity index (χ1) is 17.7. The summed E-state index contributed by atoms with van der Waals surface area (Å²) < 4.78 is 28.7. The molecule has 0 spiro atoms. The SMILES string of the molecule is CCNCCn1c(-c2cc(NC(=O)c3ccc(C(F)(F)P)nc3)ccc2O)nc2ccccc21.CCO. The molecule has 2 heterocycles. The van der Waals surface area contributed by atoms with Crippen molar-refractivity contribution >= 4 is 31.9 Å². The van der Waals surface area contributed by atoms with Crippen LogP contribution in [-0.4, -0.2) is 50.4 Å². The first-order valence-corrected chi connectivity index (χ1v) is 12.3. The van der Waals surface area contributed by atoms with Gasteiger partial charge in [0.25, 0.3) is 11.6 Å². The van der Waals surface area contributed by atoms with Crippen LogP contribution in [0.15, 0.2) is 60.8 Å². The van der Waals surface area contributed by atoms with Crippen LogP contribution in [0.3, 0.4) is 0 Å². The Bertz CT molecular complexity index is 1340. The normalized spacial score (nSPS) is 11.2. The smallest absolute Gasteiger partial charge is 0.300 e. The summed E-state index contributed by atoms with van der Waals surface area (Å²) in [5.41, 5.74) is -0.881. The van der Waals surface area contributed by atoms with E-state index in [9.17, 15) is 18.7 Å². The van der Waals surface area contributed by atoms with Crippen molar-refractivity contribution in [3.8, 4) is 17.1 Å². The van der Waals surface area contributed by atoms with E-state index in [4.69, 9.17) is 10.1 Å². The second-order valence-corrected chi connectivity index (χ2v) is 8.71. The van der Waals surface area contributed by atoms with Gasteiger partial charge in [0.1, 0.15) is 17.3 Å². The summed E-state index contributed by atoms with van der Waals surface area (Å²) in [4.78, 5) is 21.0. The number of pyridine rings is 1. The number of aromatic nitrogens is 3. The fourth-order valence-corrected chi connectivity index (χ4v) is 3.77. The van der Waals surface area contributed by atoms with Gasteiger partial charge in [-0.1, -0.05) is 28.3 Å². The Balaban J connectivity index is 0.00000121. The zero-order valence-electron chi connectivity index (χ0n) is 20.6. The highest BCUT2D eigenvalue weighted by molar-refractivity contribution is 7.17. The number of aromatic hydroxyl groups is 1. The number of alkyl halides is 2. The molecule has 11 heteroatoms. The fourth-order valence-electron chi connectivity index (χ4n) is 3.60. The number of hydrogen-bond acceptors (Lipinski definition) is 6. The zero-order valence-corrected chi connectivity index (χ0v) is 21.7. The monoisotopic (exact) mass is 529 g/mol. The van der Waals surface area contributed by atoms with Crippen molar-refractivity contribution in [3.63, 3.8) is 0 Å². The molecule has 4 rings (SSSR count). The van der Waals surface area contributed by atoms with Gasteiger partial charge in [0.15, 0.2) is 0 Å². The number of hydrogen-bond donors (Lipinski definition) is 4. The molecule has 0 radical (unpaired) electrons. The molecule has 8 nitrogen and oxygen atoms in total. The minimum atomic E-state index is -3.17. The molecule has 1 amide bonds. The van der Waals surface area contributed by atoms with Crippen LogP contribution in [0.25, 0.3) is 22.4 Å². The Labute approximate surface area is 216 Å². The van der Waals surface area contributed by atoms with Gasteiger partial charge in [0.2, 0.25) is 0 Å². The molecule has 1 atom stereocenters. The lowest BCUT2D eigenvalue weighted by Gasteiger charge is -2.13. The van der Waals surface area contributed by atoms with Gasteiger partial charge in [0.05, 0.1) is 22.2 Å². The third kappa shape index (κ3) is 7.07. The topological polar surface area (TPSA) is 112 Å². The number of carbonyl (C=O) groups excluding carboxylic acids is 1. The highest BCUT2D eigenvalue weighted by Crippen LogP contribution is 2.34. The summed E-state index contributed by atoms with van der Waals surface area (Å²) in [5, 5.41) is 24.2. The molecule has 2 aromatic carbocycles. The van der Waals surface area contributed by atoms with Crippen LogP contribution in [0.1, 0.15) is 29.9 Å². The number of phenols is 1. The third-order valence-electron chi connectivity index (χ3n) is 5.28. The lowest BCUT2D eigenvalue weighted by molar-refractivity contribution is 0.0976. The van der Waals surface area contributed by atoms with Crippen molar-refractivity contribution in [2.45, 2.75) is 26.1 Å². The number of rotatable bonds is 8. The van der Waals surface area contributed by atoms with Gasteiger partial charge in [-0.2, -0.15) is 8.78 Å². The molecule has 0 aliphatic rings. The molecule has 0 bridgehead atoms. The standard InChI is InChI=1S/C24H24F2N5O2P.C2H6O/c1-2-27-11-12-31-19-6-4-3-5-18(19)30-22(31)17-13-16(8-9-20(17)32)29-23(33)15-7-10-21(28-14-15)24(25,26)34;1-2-3/h3-10,13-14,27,32H,2,11-12,34H2,1H3,(H,29,33);3H,2H2,1H3. The highest BCUT2D eigenvalue weighted by atomic mass is 31.0. The van der Waals surface area contributed by atoms with E-state index in [0.29, 0.717) is 23.6 Å². The maximum absolute atomic E-state index is 13.3. The van der Waals surface area contributed by atoms with Gasteiger partial charge in [-0.05, 0) is 55.9 Å². The average molecular weight is 530 g/mol. The van der Waals surface area contributed by atoms with Crippen molar-refractivity contribution in [1.29, 1.82) is 0 Å². The van der Waals surface area contributed by atoms with Crippen LogP contribution in [0.2, 0.25) is 0 Å². The molecular formula is C26H30F2N5O3P. The molecule has 4 aromatic rings. The molecule has 0 aliphatic carbocycles. The maximum atomic E-state index is 13.3. The summed E-state index contributed by atoms with van der Waals surface area (Å²) >= 11 is 0. The molecule has 0 saturated heterocycles. The van der Waals surface area contributed by atoms with E-state index in [1.807, 2.05) is 35.8 Å². The summed E-state index contributed by atoms with van der Waals surface area (Å²) in [6.45, 7) is 6.15. The molecule has 37 heavy (non-hydrogen) atoms. The molecule has 1 unspecified atom stereocenters. The van der Waals surface area contributed by atoms with Crippen LogP contribution in [0.5, 0.6) is 5.75 Å². The number of nitrogens with zero attached hydrogens (tertiary/aromatic N) is 3. The predicted octanol–water partition coefficient (Wildman–Crippen LogP) is 4.59. The number of para-hydroxylation sites is 2. The van der Waals surface area contributed by atoms with Gasteiger partial charge in [-0.3, -0.25) is 9.78 Å². The van der Waals surface area contributed by atoms with E-state index >= 15 is 0 Å². The van der Waals surface area contributed by atoms with Crippen LogP contribution in [-0.2, 0) is 12.2 Å². The van der Waals surface area contributed by atoms with Crippen LogP contribution >= 0.6 is 9.24 Å². The number of carbonyl (C=O) groups is 1. The molecule has 4 N–H and O–H groups in total. The van der Waals surface area contributed by atoms with E-state index in [1.165, 1.54) is 21.4 Å². The number of aliphatic hydroxyl groups excluding tert-OH is 1. The van der Waals surface area contributed by atoms with E-state index in [2.05, 4.69) is 15.6 Å². The number of imidazole rings is 1. The quantitative estimate of drug-likeness (QED) is 0.151.